The van der Waals surface area contributed by atoms with Crippen LogP contribution in [-0.2, 0) is 24.2 Å². The molecule has 1 atom stereocenters. The van der Waals surface area contributed by atoms with Gasteiger partial charge in [-0.2, -0.15) is 0 Å². The number of hydrogen-bond acceptors (Lipinski definition) is 7. The third-order valence-corrected chi connectivity index (χ3v) is 6.88. The lowest BCUT2D eigenvalue weighted by Crippen LogP contribution is -2.22. The van der Waals surface area contributed by atoms with Gasteiger partial charge in [0.2, 0.25) is 0 Å². The quantitative estimate of drug-likeness (QED) is 0.706. The lowest BCUT2D eigenvalue weighted by Gasteiger charge is -2.11. The number of benzene rings is 1. The van der Waals surface area contributed by atoms with Gasteiger partial charge < -0.3 is 14.8 Å². The molecular weight excluding hydrogens is 366 g/mol. The second-order valence-corrected chi connectivity index (χ2v) is 9.27. The summed E-state index contributed by atoms with van der Waals surface area (Å²) in [5.41, 5.74) is 1.46. The highest BCUT2D eigenvalue weighted by molar-refractivity contribution is 8.02. The lowest BCUT2D eigenvalue weighted by atomic mass is 10.2. The van der Waals surface area contributed by atoms with E-state index in [1.165, 1.54) is 18.9 Å². The fourth-order valence-electron chi connectivity index (χ4n) is 2.37. The maximum absolute atomic E-state index is 11.9. The number of ether oxygens (including phenoxy) is 2. The number of methoxy groups -OCH3 is 1. The van der Waals surface area contributed by atoms with Gasteiger partial charge in [0, 0.05) is 5.25 Å². The van der Waals surface area contributed by atoms with Crippen LogP contribution in [0.25, 0.3) is 0 Å². The van der Waals surface area contributed by atoms with Crippen molar-refractivity contribution >= 4 is 39.2 Å². The second-order valence-electron chi connectivity index (χ2n) is 5.75. The van der Waals surface area contributed by atoms with E-state index in [1.807, 2.05) is 13.0 Å². The van der Waals surface area contributed by atoms with E-state index >= 15 is 0 Å². The highest BCUT2D eigenvalue weighted by atomic mass is 32.2. The first-order chi connectivity index (χ1) is 11.8. The number of nitrogens with one attached hydrogen (secondary N) is 1. The van der Waals surface area contributed by atoms with Crippen LogP contribution in [0.3, 0.4) is 0 Å². The number of anilines is 1. The van der Waals surface area contributed by atoms with E-state index in [0.717, 1.165) is 5.56 Å². The largest absolute Gasteiger partial charge is 0.495 e. The molecule has 2 rings (SSSR count). The molecule has 1 aromatic carbocycles. The zero-order valence-corrected chi connectivity index (χ0v) is 15.7. The first kappa shape index (κ1) is 19.6. The minimum absolute atomic E-state index is 0.0290. The van der Waals surface area contributed by atoms with Crippen LogP contribution >= 0.6 is 11.8 Å². The van der Waals surface area contributed by atoms with E-state index in [2.05, 4.69) is 5.32 Å². The van der Waals surface area contributed by atoms with Crippen molar-refractivity contribution < 1.29 is 27.5 Å². The van der Waals surface area contributed by atoms with Crippen molar-refractivity contribution in [3.63, 3.8) is 0 Å². The fraction of sp³-hybridized carbons (Fsp3) is 0.500. The van der Waals surface area contributed by atoms with Gasteiger partial charge in [-0.1, -0.05) is 6.07 Å². The Kier molecular flexibility index (Phi) is 6.71. The Hall–Kier alpha value is -1.74. The number of sulfone groups is 1. The number of esters is 1. The van der Waals surface area contributed by atoms with Crippen molar-refractivity contribution in [2.24, 2.45) is 0 Å². The number of aryl methyl sites for hydroxylation is 1. The van der Waals surface area contributed by atoms with Gasteiger partial charge in [0.25, 0.3) is 5.91 Å². The van der Waals surface area contributed by atoms with Gasteiger partial charge in [0.15, 0.2) is 16.4 Å². The molecule has 1 aliphatic rings. The molecule has 1 aliphatic heterocycles. The molecule has 1 amide bonds. The summed E-state index contributed by atoms with van der Waals surface area (Å²) in [7, 11) is -1.46. The fourth-order valence-corrected chi connectivity index (χ4v) is 5.81. The Morgan fingerprint density at radius 3 is 2.76 bits per heavy atom. The maximum atomic E-state index is 11.9. The first-order valence-electron chi connectivity index (χ1n) is 7.71. The molecule has 1 heterocycles. The van der Waals surface area contributed by atoms with Crippen molar-refractivity contribution in [2.75, 3.05) is 36.3 Å². The van der Waals surface area contributed by atoms with Crippen molar-refractivity contribution in [1.82, 2.24) is 0 Å². The standard InChI is InChI=1S/C16H21NO6S2/c1-11-3-4-14(22-2)13(7-11)17-15(18)8-23-16(19)9-24-12-5-6-25(20,21)10-12/h3-4,7,12H,5-6,8-10H2,1-2H3,(H,17,18)/t12-/m1/s1. The van der Waals surface area contributed by atoms with E-state index in [0.29, 0.717) is 17.9 Å². The first-order valence-corrected chi connectivity index (χ1v) is 10.6. The second kappa shape index (κ2) is 8.57. The molecule has 0 unspecified atom stereocenters. The van der Waals surface area contributed by atoms with Crippen LogP contribution in [0, 0.1) is 6.92 Å². The molecule has 0 bridgehead atoms. The van der Waals surface area contributed by atoms with Crippen molar-refractivity contribution in [1.29, 1.82) is 0 Å². The van der Waals surface area contributed by atoms with Crippen molar-refractivity contribution in [2.45, 2.75) is 18.6 Å². The van der Waals surface area contributed by atoms with Crippen LogP contribution in [0.2, 0.25) is 0 Å². The summed E-state index contributed by atoms with van der Waals surface area (Å²) in [5.74, 6) is -0.199. The van der Waals surface area contributed by atoms with Gasteiger partial charge in [0.05, 0.1) is 30.1 Å². The minimum atomic E-state index is -2.96. The maximum Gasteiger partial charge on any atom is 0.316 e. The normalized spacial score (nSPS) is 18.6. The van der Waals surface area contributed by atoms with Gasteiger partial charge in [-0.05, 0) is 31.0 Å². The van der Waals surface area contributed by atoms with Gasteiger partial charge in [-0.15, -0.1) is 11.8 Å². The lowest BCUT2D eigenvalue weighted by molar-refractivity contribution is -0.144. The Balaban J connectivity index is 1.74. The van der Waals surface area contributed by atoms with E-state index in [4.69, 9.17) is 9.47 Å². The van der Waals surface area contributed by atoms with Gasteiger partial charge >= 0.3 is 5.97 Å². The summed E-state index contributed by atoms with van der Waals surface area (Å²) in [6, 6.07) is 5.35. The molecule has 25 heavy (non-hydrogen) atoms. The zero-order valence-electron chi connectivity index (χ0n) is 14.1. The highest BCUT2D eigenvalue weighted by Crippen LogP contribution is 2.25. The minimum Gasteiger partial charge on any atom is -0.495 e. The molecule has 0 radical (unpaired) electrons. The van der Waals surface area contributed by atoms with Crippen LogP contribution in [0.5, 0.6) is 5.75 Å². The summed E-state index contributed by atoms with van der Waals surface area (Å²) in [6.07, 6.45) is 0.550. The van der Waals surface area contributed by atoms with Crippen molar-refractivity contribution in [3.05, 3.63) is 23.8 Å². The third kappa shape index (κ3) is 6.24. The summed E-state index contributed by atoms with van der Waals surface area (Å²) in [4.78, 5) is 23.6. The molecule has 138 valence electrons. The van der Waals surface area contributed by atoms with E-state index in [9.17, 15) is 18.0 Å². The Morgan fingerprint density at radius 1 is 1.36 bits per heavy atom. The molecule has 9 heteroatoms. The average Bonchev–Trinajstić information content (AvgIpc) is 2.90. The SMILES string of the molecule is COc1ccc(C)cc1NC(=O)COC(=O)CS[C@@H]1CCS(=O)(=O)C1. The van der Waals surface area contributed by atoms with Crippen LogP contribution in [0.4, 0.5) is 5.69 Å². The zero-order chi connectivity index (χ0) is 18.4. The summed E-state index contributed by atoms with van der Waals surface area (Å²) in [5, 5.41) is 2.56. The topological polar surface area (TPSA) is 98.8 Å². The van der Waals surface area contributed by atoms with Gasteiger partial charge in [-0.25, -0.2) is 8.42 Å². The number of carbonyl (C=O) groups excluding carboxylic acids is 2. The molecule has 0 aromatic heterocycles. The van der Waals surface area contributed by atoms with Crippen LogP contribution in [-0.4, -0.2) is 56.5 Å². The summed E-state index contributed by atoms with van der Waals surface area (Å²) >= 11 is 1.25. The molecule has 1 fully saturated rings. The predicted molar refractivity (Wildman–Crippen MR) is 96.8 cm³/mol. The number of carbonyl (C=O) groups is 2. The highest BCUT2D eigenvalue weighted by Gasteiger charge is 2.28. The van der Waals surface area contributed by atoms with E-state index < -0.39 is 28.3 Å². The Morgan fingerprint density at radius 2 is 2.12 bits per heavy atom. The predicted octanol–water partition coefficient (Wildman–Crippen LogP) is 1.41. The smallest absolute Gasteiger partial charge is 0.316 e. The van der Waals surface area contributed by atoms with E-state index in [-0.39, 0.29) is 22.5 Å². The molecule has 1 saturated heterocycles. The number of rotatable bonds is 7. The molecule has 7 nitrogen and oxygen atoms in total. The van der Waals surface area contributed by atoms with Crippen LogP contribution < -0.4 is 10.1 Å². The van der Waals surface area contributed by atoms with Crippen LogP contribution in [0.1, 0.15) is 12.0 Å². The molecular formula is C16H21NO6S2. The molecule has 0 spiro atoms. The van der Waals surface area contributed by atoms with Crippen LogP contribution in [0.15, 0.2) is 18.2 Å². The summed E-state index contributed by atoms with van der Waals surface area (Å²) < 4.78 is 32.8. The molecule has 1 aromatic rings. The monoisotopic (exact) mass is 387 g/mol. The third-order valence-electron chi connectivity index (χ3n) is 3.62. The number of hydrogen-bond donors (Lipinski definition) is 1. The number of thioether (sulfide) groups is 1. The molecule has 0 aliphatic carbocycles. The average molecular weight is 387 g/mol. The summed E-state index contributed by atoms with van der Waals surface area (Å²) in [6.45, 7) is 1.48. The van der Waals surface area contributed by atoms with Gasteiger partial charge in [0.1, 0.15) is 5.75 Å². The van der Waals surface area contributed by atoms with Crippen molar-refractivity contribution in [3.8, 4) is 5.75 Å². The van der Waals surface area contributed by atoms with Gasteiger partial charge in [-0.3, -0.25) is 9.59 Å². The Bertz CT molecular complexity index is 747. The van der Waals surface area contributed by atoms with E-state index in [1.54, 1.807) is 12.1 Å². The molecule has 0 saturated carbocycles. The molecule has 1 N–H and O–H groups in total. The number of amides is 1. The Labute approximate surface area is 151 Å².